The van der Waals surface area contributed by atoms with E-state index >= 15 is 0 Å². The number of benzene rings is 2. The molecule has 0 radical (unpaired) electrons. The number of anilines is 1. The molecule has 0 bridgehead atoms. The molecule has 0 aliphatic rings. The van der Waals surface area contributed by atoms with Gasteiger partial charge in [-0.1, -0.05) is 12.1 Å². The summed E-state index contributed by atoms with van der Waals surface area (Å²) in [5.74, 6) is -0.394. The van der Waals surface area contributed by atoms with Crippen molar-refractivity contribution < 1.29 is 13.2 Å². The molecule has 9 heteroatoms. The number of carbonyl (C=O) groups is 1. The number of amides is 1. The lowest BCUT2D eigenvalue weighted by molar-refractivity contribution is 0.102. The maximum atomic E-state index is 12.7. The molecular weight excluding hydrogens is 462 g/mol. The molecule has 28 heavy (non-hydrogen) atoms. The molecule has 0 saturated carbocycles. The van der Waals surface area contributed by atoms with Gasteiger partial charge in [-0.05, 0) is 53.2 Å². The third-order valence-corrected chi connectivity index (χ3v) is 7.57. The van der Waals surface area contributed by atoms with E-state index in [4.69, 9.17) is 0 Å². The van der Waals surface area contributed by atoms with E-state index < -0.39 is 15.9 Å². The zero-order valence-corrected chi connectivity index (χ0v) is 18.7. The lowest BCUT2D eigenvalue weighted by Crippen LogP contribution is -2.23. The minimum absolute atomic E-state index is 0.0387. The van der Waals surface area contributed by atoms with Crippen molar-refractivity contribution in [3.63, 3.8) is 0 Å². The second-order valence-corrected chi connectivity index (χ2v) is 10.3. The molecule has 6 nitrogen and oxygen atoms in total. The fraction of sp³-hybridized carbons (Fsp3) is 0.158. The Bertz CT molecular complexity index is 1140. The molecule has 3 aromatic rings. The first-order chi connectivity index (χ1) is 13.2. The summed E-state index contributed by atoms with van der Waals surface area (Å²) in [4.78, 5) is 17.2. The van der Waals surface area contributed by atoms with Crippen LogP contribution in [0.15, 0.2) is 57.2 Å². The van der Waals surface area contributed by atoms with Crippen LogP contribution in [-0.2, 0) is 10.0 Å². The summed E-state index contributed by atoms with van der Waals surface area (Å²) in [5, 5.41) is 5.74. The van der Waals surface area contributed by atoms with Gasteiger partial charge in [0.25, 0.3) is 5.91 Å². The highest BCUT2D eigenvalue weighted by molar-refractivity contribution is 9.10. The van der Waals surface area contributed by atoms with Crippen molar-refractivity contribution in [2.75, 3.05) is 19.4 Å². The van der Waals surface area contributed by atoms with Gasteiger partial charge < -0.3 is 5.32 Å². The molecular formula is C19H18BrN3O3S2. The van der Waals surface area contributed by atoms with E-state index in [1.165, 1.54) is 20.2 Å². The summed E-state index contributed by atoms with van der Waals surface area (Å²) in [7, 11) is -0.788. The van der Waals surface area contributed by atoms with Crippen LogP contribution >= 0.6 is 27.3 Å². The number of nitrogens with zero attached hydrogens (tertiary/aromatic N) is 2. The second-order valence-electron chi connectivity index (χ2n) is 6.22. The molecule has 0 saturated heterocycles. The molecule has 1 heterocycles. The van der Waals surface area contributed by atoms with Crippen molar-refractivity contribution in [1.29, 1.82) is 0 Å². The Morgan fingerprint density at radius 1 is 1.18 bits per heavy atom. The average Bonchev–Trinajstić information content (AvgIpc) is 3.08. The summed E-state index contributed by atoms with van der Waals surface area (Å²) in [6.45, 7) is 1.94. The SMILES string of the molecule is Cc1nc(-c2cccc(NC(=O)c3ccc(Br)c(S(=O)(=O)N(C)C)c3)c2)cs1. The monoisotopic (exact) mass is 479 g/mol. The van der Waals surface area contributed by atoms with Crippen LogP contribution < -0.4 is 5.32 Å². The van der Waals surface area contributed by atoms with Gasteiger partial charge in [0.2, 0.25) is 10.0 Å². The zero-order chi connectivity index (χ0) is 20.5. The lowest BCUT2D eigenvalue weighted by Gasteiger charge is -2.14. The Labute approximate surface area is 176 Å². The standard InChI is InChI=1S/C19H18BrN3O3S2/c1-12-21-17(11-27-12)13-5-4-6-15(9-13)22-19(24)14-7-8-16(20)18(10-14)28(25,26)23(2)3/h4-11H,1-3H3,(H,22,24). The van der Waals surface area contributed by atoms with Gasteiger partial charge in [-0.15, -0.1) is 11.3 Å². The number of rotatable bonds is 5. The highest BCUT2D eigenvalue weighted by atomic mass is 79.9. The zero-order valence-electron chi connectivity index (χ0n) is 15.4. The second kappa shape index (κ2) is 8.12. The fourth-order valence-electron chi connectivity index (χ4n) is 2.49. The summed E-state index contributed by atoms with van der Waals surface area (Å²) >= 11 is 4.80. The topological polar surface area (TPSA) is 79.4 Å². The van der Waals surface area contributed by atoms with Crippen LogP contribution in [0.5, 0.6) is 0 Å². The first kappa shape index (κ1) is 20.7. The van der Waals surface area contributed by atoms with Gasteiger partial charge in [0.15, 0.2) is 0 Å². The first-order valence-corrected chi connectivity index (χ1v) is 11.4. The van der Waals surface area contributed by atoms with E-state index in [0.29, 0.717) is 10.2 Å². The maximum absolute atomic E-state index is 12.7. The van der Waals surface area contributed by atoms with E-state index in [1.54, 1.807) is 29.5 Å². The summed E-state index contributed by atoms with van der Waals surface area (Å²) in [6, 6.07) is 11.9. The molecule has 1 amide bonds. The third kappa shape index (κ3) is 4.33. The lowest BCUT2D eigenvalue weighted by atomic mass is 10.1. The number of aromatic nitrogens is 1. The molecule has 146 valence electrons. The highest BCUT2D eigenvalue weighted by Gasteiger charge is 2.22. The number of nitrogens with one attached hydrogen (secondary N) is 1. The van der Waals surface area contributed by atoms with E-state index in [9.17, 15) is 13.2 Å². The van der Waals surface area contributed by atoms with Gasteiger partial charge in [-0.3, -0.25) is 4.79 Å². The van der Waals surface area contributed by atoms with Crippen molar-refractivity contribution in [2.24, 2.45) is 0 Å². The Balaban J connectivity index is 1.88. The average molecular weight is 480 g/mol. The summed E-state index contributed by atoms with van der Waals surface area (Å²) in [5.41, 5.74) is 2.60. The summed E-state index contributed by atoms with van der Waals surface area (Å²) in [6.07, 6.45) is 0. The number of carbonyl (C=O) groups excluding carboxylic acids is 1. The van der Waals surface area contributed by atoms with Gasteiger partial charge in [0, 0.05) is 40.8 Å². The van der Waals surface area contributed by atoms with Crippen molar-refractivity contribution in [2.45, 2.75) is 11.8 Å². The molecule has 0 spiro atoms. The minimum Gasteiger partial charge on any atom is -0.322 e. The predicted octanol–water partition coefficient (Wildman–Crippen LogP) is 4.38. The molecule has 1 N–H and O–H groups in total. The number of thiazole rings is 1. The predicted molar refractivity (Wildman–Crippen MR) is 115 cm³/mol. The van der Waals surface area contributed by atoms with Crippen LogP contribution in [0.3, 0.4) is 0 Å². The smallest absolute Gasteiger partial charge is 0.255 e. The van der Waals surface area contributed by atoms with Gasteiger partial charge in [0.05, 0.1) is 15.6 Å². The number of halogens is 1. The quantitative estimate of drug-likeness (QED) is 0.588. The summed E-state index contributed by atoms with van der Waals surface area (Å²) < 4.78 is 26.4. The maximum Gasteiger partial charge on any atom is 0.255 e. The first-order valence-electron chi connectivity index (χ1n) is 8.24. The van der Waals surface area contributed by atoms with Crippen LogP contribution in [-0.4, -0.2) is 37.7 Å². The van der Waals surface area contributed by atoms with E-state index in [1.807, 2.05) is 30.5 Å². The van der Waals surface area contributed by atoms with Crippen molar-refractivity contribution >= 4 is 48.9 Å². The molecule has 1 aromatic heterocycles. The number of aryl methyl sites for hydroxylation is 1. The Morgan fingerprint density at radius 3 is 2.57 bits per heavy atom. The van der Waals surface area contributed by atoms with Gasteiger partial charge in [-0.25, -0.2) is 17.7 Å². The van der Waals surface area contributed by atoms with E-state index in [-0.39, 0.29) is 10.5 Å². The largest absolute Gasteiger partial charge is 0.322 e. The minimum atomic E-state index is -3.68. The Morgan fingerprint density at radius 2 is 1.93 bits per heavy atom. The third-order valence-electron chi connectivity index (χ3n) is 3.99. The van der Waals surface area contributed by atoms with Crippen LogP contribution in [0.4, 0.5) is 5.69 Å². The molecule has 0 aliphatic heterocycles. The van der Waals surface area contributed by atoms with Crippen LogP contribution in [0.1, 0.15) is 15.4 Å². The van der Waals surface area contributed by atoms with Gasteiger partial charge in [-0.2, -0.15) is 0 Å². The molecule has 3 rings (SSSR count). The highest BCUT2D eigenvalue weighted by Crippen LogP contribution is 2.27. The van der Waals surface area contributed by atoms with E-state index in [2.05, 4.69) is 26.2 Å². The van der Waals surface area contributed by atoms with E-state index in [0.717, 1.165) is 20.6 Å². The Kier molecular flexibility index (Phi) is 5.99. The molecule has 0 aliphatic carbocycles. The number of hydrogen-bond acceptors (Lipinski definition) is 5. The number of hydrogen-bond donors (Lipinski definition) is 1. The number of sulfonamides is 1. The fourth-order valence-corrected chi connectivity index (χ4v) is 4.96. The molecule has 0 atom stereocenters. The molecule has 2 aromatic carbocycles. The van der Waals surface area contributed by atoms with Crippen LogP contribution in [0.25, 0.3) is 11.3 Å². The van der Waals surface area contributed by atoms with Crippen molar-refractivity contribution in [3.05, 3.63) is 62.9 Å². The molecule has 0 fully saturated rings. The normalized spacial score (nSPS) is 11.6. The van der Waals surface area contributed by atoms with Crippen LogP contribution in [0.2, 0.25) is 0 Å². The molecule has 0 unspecified atom stereocenters. The van der Waals surface area contributed by atoms with Gasteiger partial charge >= 0.3 is 0 Å². The van der Waals surface area contributed by atoms with Crippen LogP contribution in [0, 0.1) is 6.92 Å². The van der Waals surface area contributed by atoms with Gasteiger partial charge in [0.1, 0.15) is 0 Å². The van der Waals surface area contributed by atoms with Crippen molar-refractivity contribution in [1.82, 2.24) is 9.29 Å². The Hall–Kier alpha value is -2.07. The van der Waals surface area contributed by atoms with Crippen molar-refractivity contribution in [3.8, 4) is 11.3 Å².